The number of thiocarbonyl (C=S) groups is 1. The second kappa shape index (κ2) is 10.4. The maximum atomic E-state index is 14.0. The molecule has 1 saturated heterocycles. The number of rotatable bonds is 7. The second-order valence-electron chi connectivity index (χ2n) is 7.15. The van der Waals surface area contributed by atoms with Crippen molar-refractivity contribution in [1.82, 2.24) is 4.90 Å². The Morgan fingerprint density at radius 3 is 2.61 bits per heavy atom. The quantitative estimate of drug-likeness (QED) is 0.275. The number of carbonyl (C=O) groups excluding carboxylic acids is 1. The summed E-state index contributed by atoms with van der Waals surface area (Å²) in [5.41, 5.74) is 2.03. The summed E-state index contributed by atoms with van der Waals surface area (Å²) in [5, 5.41) is 0.295. The number of nitrogens with zero attached hydrogens (tertiary/aromatic N) is 1. The van der Waals surface area contributed by atoms with Gasteiger partial charge in [-0.1, -0.05) is 78.0 Å². The summed E-state index contributed by atoms with van der Waals surface area (Å²) in [5.74, 6) is 0.319. The minimum absolute atomic E-state index is 0.0423. The smallest absolute Gasteiger partial charge is 0.266 e. The van der Waals surface area contributed by atoms with Crippen molar-refractivity contribution in [3.05, 3.63) is 99.2 Å². The van der Waals surface area contributed by atoms with Crippen LogP contribution in [-0.2, 0) is 17.9 Å². The molecule has 0 aliphatic carbocycles. The van der Waals surface area contributed by atoms with Crippen molar-refractivity contribution in [1.29, 1.82) is 0 Å². The lowest BCUT2D eigenvalue weighted by Gasteiger charge is -2.14. The van der Waals surface area contributed by atoms with E-state index < -0.39 is 5.82 Å². The number of benzene rings is 3. The number of ether oxygens (including phenoxy) is 2. The zero-order valence-corrected chi connectivity index (χ0v) is 20.0. The largest absolute Gasteiger partial charge is 0.493 e. The van der Waals surface area contributed by atoms with E-state index in [0.717, 1.165) is 11.1 Å². The first kappa shape index (κ1) is 23.3. The first-order valence-electron chi connectivity index (χ1n) is 9.99. The lowest BCUT2D eigenvalue weighted by molar-refractivity contribution is -0.122. The van der Waals surface area contributed by atoms with Crippen molar-refractivity contribution in [2.75, 3.05) is 7.11 Å². The summed E-state index contributed by atoms with van der Waals surface area (Å²) in [6.45, 7) is 0.386. The first-order valence-corrected chi connectivity index (χ1v) is 11.6. The molecule has 0 atom stereocenters. The lowest BCUT2D eigenvalue weighted by Crippen LogP contribution is -2.27. The fourth-order valence-corrected chi connectivity index (χ4v) is 4.74. The molecular weight excluding hydrogens is 481 g/mol. The number of hydrogen-bond acceptors (Lipinski definition) is 5. The maximum absolute atomic E-state index is 14.0. The summed E-state index contributed by atoms with van der Waals surface area (Å²) in [6.07, 6.45) is 1.77. The predicted molar refractivity (Wildman–Crippen MR) is 134 cm³/mol. The van der Waals surface area contributed by atoms with Gasteiger partial charge in [-0.15, -0.1) is 0 Å². The van der Waals surface area contributed by atoms with Crippen LogP contribution >= 0.6 is 35.6 Å². The van der Waals surface area contributed by atoms with Crippen LogP contribution in [0.25, 0.3) is 6.08 Å². The van der Waals surface area contributed by atoms with Crippen LogP contribution in [0.3, 0.4) is 0 Å². The second-order valence-corrected chi connectivity index (χ2v) is 9.24. The third-order valence-corrected chi connectivity index (χ3v) is 6.71. The molecule has 4 rings (SSSR count). The highest BCUT2D eigenvalue weighted by molar-refractivity contribution is 8.26. The molecule has 0 unspecified atom stereocenters. The van der Waals surface area contributed by atoms with E-state index in [1.54, 1.807) is 41.3 Å². The van der Waals surface area contributed by atoms with Gasteiger partial charge in [-0.2, -0.15) is 0 Å². The van der Waals surface area contributed by atoms with E-state index >= 15 is 0 Å². The van der Waals surface area contributed by atoms with Crippen molar-refractivity contribution >= 4 is 51.9 Å². The zero-order chi connectivity index (χ0) is 23.4. The van der Waals surface area contributed by atoms with Crippen LogP contribution in [0.5, 0.6) is 11.5 Å². The van der Waals surface area contributed by atoms with E-state index in [9.17, 15) is 9.18 Å². The minimum atomic E-state index is -0.435. The normalized spacial score (nSPS) is 14.8. The van der Waals surface area contributed by atoms with Crippen LogP contribution in [0.2, 0.25) is 5.02 Å². The number of halogens is 2. The molecule has 0 saturated carbocycles. The third-order valence-electron chi connectivity index (χ3n) is 4.98. The Morgan fingerprint density at radius 1 is 1.09 bits per heavy atom. The Hall–Kier alpha value is -2.87. The SMILES string of the molecule is COc1cc(C=C2SC(=S)N(Cc3ccccc3)C2=O)ccc1OCc1c(F)cccc1Cl. The molecule has 8 heteroatoms. The highest BCUT2D eigenvalue weighted by Gasteiger charge is 2.32. The monoisotopic (exact) mass is 499 g/mol. The van der Waals surface area contributed by atoms with E-state index in [1.165, 1.54) is 24.9 Å². The van der Waals surface area contributed by atoms with Crippen LogP contribution in [0.15, 0.2) is 71.6 Å². The van der Waals surface area contributed by atoms with Gasteiger partial charge in [-0.25, -0.2) is 4.39 Å². The Bertz CT molecular complexity index is 1210. The zero-order valence-electron chi connectivity index (χ0n) is 17.6. The van der Waals surface area contributed by atoms with Crippen molar-refractivity contribution in [3.63, 3.8) is 0 Å². The first-order chi connectivity index (χ1) is 16.0. The summed E-state index contributed by atoms with van der Waals surface area (Å²) < 4.78 is 25.7. The molecule has 3 aromatic rings. The third kappa shape index (κ3) is 5.38. The molecule has 0 radical (unpaired) electrons. The highest BCUT2D eigenvalue weighted by atomic mass is 35.5. The van der Waals surface area contributed by atoms with Crippen molar-refractivity contribution in [2.24, 2.45) is 0 Å². The van der Waals surface area contributed by atoms with Crippen LogP contribution in [0, 0.1) is 5.82 Å². The highest BCUT2D eigenvalue weighted by Crippen LogP contribution is 2.36. The van der Waals surface area contributed by atoms with E-state index in [2.05, 4.69) is 0 Å². The molecule has 4 nitrogen and oxygen atoms in total. The number of hydrogen-bond donors (Lipinski definition) is 0. The summed E-state index contributed by atoms with van der Waals surface area (Å²) in [4.78, 5) is 15.0. The van der Waals surface area contributed by atoms with Gasteiger partial charge in [-0.05, 0) is 41.5 Å². The molecule has 1 aliphatic heterocycles. The fourth-order valence-electron chi connectivity index (χ4n) is 3.27. The minimum Gasteiger partial charge on any atom is -0.493 e. The Labute approximate surface area is 206 Å². The molecule has 1 fully saturated rings. The molecule has 1 amide bonds. The number of thioether (sulfide) groups is 1. The summed E-state index contributed by atoms with van der Waals surface area (Å²) >= 11 is 12.8. The van der Waals surface area contributed by atoms with Crippen LogP contribution in [-0.4, -0.2) is 22.2 Å². The maximum Gasteiger partial charge on any atom is 0.266 e. The van der Waals surface area contributed by atoms with Crippen molar-refractivity contribution < 1.29 is 18.7 Å². The number of methoxy groups -OCH3 is 1. The van der Waals surface area contributed by atoms with Gasteiger partial charge in [-0.3, -0.25) is 9.69 Å². The van der Waals surface area contributed by atoms with Gasteiger partial charge in [0.2, 0.25) is 0 Å². The molecule has 3 aromatic carbocycles. The van der Waals surface area contributed by atoms with Gasteiger partial charge in [0.25, 0.3) is 5.91 Å². The van der Waals surface area contributed by atoms with Gasteiger partial charge in [0.05, 0.1) is 23.6 Å². The van der Waals surface area contributed by atoms with Gasteiger partial charge >= 0.3 is 0 Å². The molecule has 0 bridgehead atoms. The Balaban J connectivity index is 1.50. The molecule has 0 spiro atoms. The number of carbonyl (C=O) groups is 1. The van der Waals surface area contributed by atoms with E-state index in [1.807, 2.05) is 30.3 Å². The average molecular weight is 500 g/mol. The summed E-state index contributed by atoms with van der Waals surface area (Å²) in [6, 6.07) is 19.4. The molecule has 1 heterocycles. The molecule has 33 heavy (non-hydrogen) atoms. The number of amides is 1. The van der Waals surface area contributed by atoms with E-state index in [0.29, 0.717) is 32.3 Å². The molecular formula is C25H19ClFNO3S2. The average Bonchev–Trinajstić information content (AvgIpc) is 3.07. The Kier molecular flexibility index (Phi) is 7.33. The lowest BCUT2D eigenvalue weighted by atomic mass is 10.1. The molecule has 0 N–H and O–H groups in total. The summed E-state index contributed by atoms with van der Waals surface area (Å²) in [7, 11) is 1.52. The molecule has 0 aromatic heterocycles. The Morgan fingerprint density at radius 2 is 1.88 bits per heavy atom. The fraction of sp³-hybridized carbons (Fsp3) is 0.120. The predicted octanol–water partition coefficient (Wildman–Crippen LogP) is 6.47. The van der Waals surface area contributed by atoms with Crippen LogP contribution in [0.1, 0.15) is 16.7 Å². The molecule has 168 valence electrons. The van der Waals surface area contributed by atoms with Gasteiger partial charge in [0, 0.05) is 5.56 Å². The van der Waals surface area contributed by atoms with Gasteiger partial charge in [0.15, 0.2) is 11.5 Å². The topological polar surface area (TPSA) is 38.8 Å². The van der Waals surface area contributed by atoms with Crippen molar-refractivity contribution in [3.8, 4) is 11.5 Å². The molecule has 1 aliphatic rings. The van der Waals surface area contributed by atoms with Crippen LogP contribution < -0.4 is 9.47 Å². The van der Waals surface area contributed by atoms with Gasteiger partial charge in [0.1, 0.15) is 16.7 Å². The van der Waals surface area contributed by atoms with E-state index in [4.69, 9.17) is 33.3 Å². The van der Waals surface area contributed by atoms with Crippen LogP contribution in [0.4, 0.5) is 4.39 Å². The van der Waals surface area contributed by atoms with Crippen molar-refractivity contribution in [2.45, 2.75) is 13.2 Å². The van der Waals surface area contributed by atoms with E-state index in [-0.39, 0.29) is 18.1 Å². The van der Waals surface area contributed by atoms with Gasteiger partial charge < -0.3 is 9.47 Å². The standard InChI is InChI=1S/C25H19ClFNO3S2/c1-30-22-12-17(10-11-21(22)31-15-18-19(26)8-5-9-20(18)27)13-23-24(29)28(25(32)33-23)14-16-6-3-2-4-7-16/h2-13H,14-15H2,1H3.